The Morgan fingerprint density at radius 2 is 1.53 bits per heavy atom. The molecule has 62 heavy (non-hydrogen) atoms. The Hall–Kier alpha value is -4.89. The summed E-state index contributed by atoms with van der Waals surface area (Å²) in [4.78, 5) is 73.6. The number of hydrogen-bond acceptors (Lipinski definition) is 10. The molecule has 4 aliphatic rings. The van der Waals surface area contributed by atoms with Gasteiger partial charge in [0.1, 0.15) is 6.61 Å². The minimum atomic E-state index is -1.00. The summed E-state index contributed by atoms with van der Waals surface area (Å²) in [6.45, 7) is 13.5. The summed E-state index contributed by atoms with van der Waals surface area (Å²) in [5.74, 6) is 0.678. The molecule has 3 saturated heterocycles. The molecular formula is C47H71N7O8. The highest BCUT2D eigenvalue weighted by Crippen LogP contribution is 2.27. The van der Waals surface area contributed by atoms with Crippen LogP contribution in [0, 0.1) is 18.8 Å². The summed E-state index contributed by atoms with van der Waals surface area (Å²) < 4.78 is 18.0. The molecule has 1 N–H and O–H groups in total. The van der Waals surface area contributed by atoms with Gasteiger partial charge in [0, 0.05) is 71.0 Å². The first-order valence-electron chi connectivity index (χ1n) is 22.3. The second kappa shape index (κ2) is 22.5. The molecule has 1 aromatic heterocycles. The highest BCUT2D eigenvalue weighted by molar-refractivity contribution is 5.91. The van der Waals surface area contributed by atoms with E-state index in [2.05, 4.69) is 24.1 Å². The number of ether oxygens (including phenoxy) is 2. The zero-order valence-electron chi connectivity index (χ0n) is 37.2. The van der Waals surface area contributed by atoms with Crippen molar-refractivity contribution in [2.75, 3.05) is 84.9 Å². The number of aromatic nitrogens is 1. The average Bonchev–Trinajstić information content (AvgIpc) is 3.42. The van der Waals surface area contributed by atoms with Gasteiger partial charge in [0.15, 0.2) is 11.7 Å². The van der Waals surface area contributed by atoms with Crippen LogP contribution in [0.1, 0.15) is 82.9 Å². The third kappa shape index (κ3) is 12.8. The number of fused-ring (bicyclic) bond motifs is 2. The van der Waals surface area contributed by atoms with Crippen LogP contribution in [0.5, 0.6) is 0 Å². The SMILES string of the molecule is C.CC1CCN(CCC(=O)OCCN(C)C)CC1.Cc1cc(C[C@@H](OC(=O)N2CCC(N3CCc4ccccc4NC3=O)CC2)C(=O)N2CCC(C)CC2)cc2oc(=O)n(C)c12. The molecule has 4 aliphatic heterocycles. The zero-order chi connectivity index (χ0) is 43.6. The van der Waals surface area contributed by atoms with E-state index in [1.165, 1.54) is 17.4 Å². The second-order valence-electron chi connectivity index (χ2n) is 17.8. The Morgan fingerprint density at radius 1 is 0.887 bits per heavy atom. The topological polar surface area (TPSA) is 150 Å². The van der Waals surface area contributed by atoms with Crippen molar-refractivity contribution in [3.05, 3.63) is 63.6 Å². The third-order valence-electron chi connectivity index (χ3n) is 12.8. The lowest BCUT2D eigenvalue weighted by atomic mass is 9.98. The predicted molar refractivity (Wildman–Crippen MR) is 241 cm³/mol. The molecule has 15 nitrogen and oxygen atoms in total. The fourth-order valence-corrected chi connectivity index (χ4v) is 8.77. The van der Waals surface area contributed by atoms with Crippen LogP contribution < -0.4 is 11.1 Å². The molecule has 342 valence electrons. The van der Waals surface area contributed by atoms with Crippen LogP contribution >= 0.6 is 0 Å². The normalized spacial score (nSPS) is 18.6. The van der Waals surface area contributed by atoms with Gasteiger partial charge in [-0.15, -0.1) is 0 Å². The van der Waals surface area contributed by atoms with Gasteiger partial charge in [-0.2, -0.15) is 0 Å². The Kier molecular flexibility index (Phi) is 17.4. The monoisotopic (exact) mass is 862 g/mol. The standard InChI is InChI=1S/C33H41N5O6.C13H26N2O2.CH4/c1-21-8-13-36(14-9-21)30(39)28(20-23-18-22(2)29-27(19-23)43-32(41)35(29)3)44-33(42)37-15-11-25(12-16-37)38-17-10-24-6-4-5-7-26(24)34-31(38)40;1-12-4-7-15(8-5-12)9-6-13(16)17-11-10-14(2)3;/h4-7,18-19,21,25,28H,8-17,20H2,1-3H3,(H,34,40);12H,4-11H2,1-3H3;1H4/t28-;;/m1../s1. The maximum atomic E-state index is 13.8. The van der Waals surface area contributed by atoms with Gasteiger partial charge in [-0.05, 0) is 120 Å². The number of urea groups is 1. The van der Waals surface area contributed by atoms with E-state index in [1.54, 1.807) is 22.9 Å². The minimum Gasteiger partial charge on any atom is -0.464 e. The van der Waals surface area contributed by atoms with Crippen LogP contribution in [0.25, 0.3) is 11.1 Å². The Balaban J connectivity index is 0.000000341. The summed E-state index contributed by atoms with van der Waals surface area (Å²) in [6.07, 6.45) is 5.55. The smallest absolute Gasteiger partial charge is 0.419 e. The van der Waals surface area contributed by atoms with Crippen molar-refractivity contribution in [3.63, 3.8) is 0 Å². The first-order valence-corrected chi connectivity index (χ1v) is 22.3. The molecule has 5 heterocycles. The van der Waals surface area contributed by atoms with Gasteiger partial charge in [0.2, 0.25) is 0 Å². The number of carbonyl (C=O) groups is 4. The number of likely N-dealkylation sites (tertiary alicyclic amines) is 3. The van der Waals surface area contributed by atoms with E-state index in [9.17, 15) is 24.0 Å². The first kappa shape index (κ1) is 48.1. The fourth-order valence-electron chi connectivity index (χ4n) is 8.77. The summed E-state index contributed by atoms with van der Waals surface area (Å²) in [7, 11) is 5.61. The zero-order valence-corrected chi connectivity index (χ0v) is 37.2. The van der Waals surface area contributed by atoms with E-state index in [-0.39, 0.29) is 37.8 Å². The van der Waals surface area contributed by atoms with E-state index in [0.717, 1.165) is 73.7 Å². The van der Waals surface area contributed by atoms with E-state index in [0.29, 0.717) is 75.6 Å². The number of hydrogen-bond donors (Lipinski definition) is 1. The molecule has 15 heteroatoms. The molecule has 4 amide bonds. The second-order valence-corrected chi connectivity index (χ2v) is 17.8. The van der Waals surface area contributed by atoms with Crippen LogP contribution in [0.4, 0.5) is 15.3 Å². The van der Waals surface area contributed by atoms with Crippen LogP contribution in [-0.2, 0) is 39.0 Å². The predicted octanol–water partition coefficient (Wildman–Crippen LogP) is 6.15. The van der Waals surface area contributed by atoms with Crippen LogP contribution in [-0.4, -0.2) is 145 Å². The van der Waals surface area contributed by atoms with E-state index < -0.39 is 18.0 Å². The van der Waals surface area contributed by atoms with E-state index in [4.69, 9.17) is 13.9 Å². The molecule has 0 unspecified atom stereocenters. The Labute approximate surface area is 367 Å². The molecule has 0 saturated carbocycles. The average molecular weight is 862 g/mol. The van der Waals surface area contributed by atoms with Gasteiger partial charge in [-0.25, -0.2) is 14.4 Å². The summed E-state index contributed by atoms with van der Waals surface area (Å²) in [6, 6.07) is 11.4. The Bertz CT molecular complexity index is 2020. The quantitative estimate of drug-likeness (QED) is 0.223. The van der Waals surface area contributed by atoms with Crippen LogP contribution in [0.2, 0.25) is 0 Å². The number of amides is 4. The molecule has 0 spiro atoms. The number of benzene rings is 2. The number of piperidine rings is 3. The van der Waals surface area contributed by atoms with Crippen LogP contribution in [0.15, 0.2) is 45.6 Å². The number of carbonyl (C=O) groups excluding carboxylic acids is 4. The van der Waals surface area contributed by atoms with Gasteiger partial charge in [0.05, 0.1) is 11.9 Å². The lowest BCUT2D eigenvalue weighted by Crippen LogP contribution is -2.51. The van der Waals surface area contributed by atoms with Crippen molar-refractivity contribution >= 4 is 40.8 Å². The molecule has 3 aromatic rings. The molecular weight excluding hydrogens is 791 g/mol. The van der Waals surface area contributed by atoms with Crippen molar-refractivity contribution in [2.24, 2.45) is 18.9 Å². The molecule has 0 radical (unpaired) electrons. The van der Waals surface area contributed by atoms with Crippen molar-refractivity contribution in [2.45, 2.75) is 98.1 Å². The molecule has 7 rings (SSSR count). The summed E-state index contributed by atoms with van der Waals surface area (Å²) in [5, 5.41) is 3.03. The van der Waals surface area contributed by atoms with Crippen molar-refractivity contribution in [1.29, 1.82) is 0 Å². The number of likely N-dealkylation sites (N-methyl/N-ethyl adjacent to an activating group) is 1. The van der Waals surface area contributed by atoms with Crippen LogP contribution in [0.3, 0.4) is 0 Å². The van der Waals surface area contributed by atoms with Crippen molar-refractivity contribution < 1.29 is 33.1 Å². The van der Waals surface area contributed by atoms with E-state index >= 15 is 0 Å². The molecule has 0 bridgehead atoms. The highest BCUT2D eigenvalue weighted by Gasteiger charge is 2.35. The molecule has 3 fully saturated rings. The number of aryl methyl sites for hydroxylation is 2. The number of rotatable bonds is 11. The summed E-state index contributed by atoms with van der Waals surface area (Å²) >= 11 is 0. The van der Waals surface area contributed by atoms with Crippen molar-refractivity contribution in [1.82, 2.24) is 29.1 Å². The van der Waals surface area contributed by atoms with Gasteiger partial charge >= 0.3 is 23.8 Å². The van der Waals surface area contributed by atoms with Gasteiger partial charge < -0.3 is 43.7 Å². The maximum absolute atomic E-state index is 13.8. The van der Waals surface area contributed by atoms with Gasteiger partial charge in [-0.3, -0.25) is 14.2 Å². The van der Waals surface area contributed by atoms with Gasteiger partial charge in [0.25, 0.3) is 5.91 Å². The largest absolute Gasteiger partial charge is 0.464 e. The van der Waals surface area contributed by atoms with Gasteiger partial charge in [-0.1, -0.05) is 45.5 Å². The number of nitrogens with zero attached hydrogens (tertiary/aromatic N) is 6. The molecule has 0 aliphatic carbocycles. The molecule has 2 aromatic carbocycles. The Morgan fingerprint density at radius 3 is 2.21 bits per heavy atom. The number of esters is 1. The van der Waals surface area contributed by atoms with Crippen molar-refractivity contribution in [3.8, 4) is 0 Å². The number of anilines is 1. The molecule has 1 atom stereocenters. The number of oxazole rings is 1. The lowest BCUT2D eigenvalue weighted by Gasteiger charge is -2.38. The third-order valence-corrected chi connectivity index (χ3v) is 12.8. The number of nitrogens with one attached hydrogen (secondary N) is 1. The lowest BCUT2D eigenvalue weighted by molar-refractivity contribution is -0.144. The first-order chi connectivity index (χ1) is 29.2. The highest BCUT2D eigenvalue weighted by atomic mass is 16.6. The summed E-state index contributed by atoms with van der Waals surface area (Å²) in [5.41, 5.74) is 4.72. The van der Waals surface area contributed by atoms with E-state index in [1.807, 2.05) is 61.2 Å². The minimum absolute atomic E-state index is 0. The fraction of sp³-hybridized carbons (Fsp3) is 0.638. The maximum Gasteiger partial charge on any atom is 0.419 e. The number of para-hydroxylation sites is 1.